The van der Waals surface area contributed by atoms with Gasteiger partial charge in [0.2, 0.25) is 0 Å². The zero-order chi connectivity index (χ0) is 16.9. The summed E-state index contributed by atoms with van der Waals surface area (Å²) in [6.07, 6.45) is 9.09. The van der Waals surface area contributed by atoms with Crippen molar-refractivity contribution in [3.8, 4) is 11.4 Å². The lowest BCUT2D eigenvalue weighted by Gasteiger charge is -2.29. The van der Waals surface area contributed by atoms with Gasteiger partial charge in [-0.3, -0.25) is 0 Å². The largest absolute Gasteiger partial charge is 0.356 e. The lowest BCUT2D eigenvalue weighted by atomic mass is 10.1. The van der Waals surface area contributed by atoms with E-state index in [4.69, 9.17) is 9.97 Å². The predicted octanol–water partition coefficient (Wildman–Crippen LogP) is 4.51. The van der Waals surface area contributed by atoms with Crippen LogP contribution in [0.3, 0.4) is 0 Å². The van der Waals surface area contributed by atoms with Crippen molar-refractivity contribution in [1.29, 1.82) is 0 Å². The van der Waals surface area contributed by atoms with Crippen LogP contribution in [0.1, 0.15) is 44.9 Å². The third-order valence-corrected chi connectivity index (χ3v) is 5.34. The maximum Gasteiger partial charge on any atom is 0.163 e. The van der Waals surface area contributed by atoms with E-state index < -0.39 is 0 Å². The molecule has 2 aliphatic rings. The first-order valence-electron chi connectivity index (χ1n) is 9.84. The van der Waals surface area contributed by atoms with Crippen molar-refractivity contribution in [3.05, 3.63) is 36.4 Å². The summed E-state index contributed by atoms with van der Waals surface area (Å²) in [4.78, 5) is 14.8. The first kappa shape index (κ1) is 16.4. The van der Waals surface area contributed by atoms with Crippen LogP contribution in [0.4, 0.5) is 11.6 Å². The minimum atomic E-state index is 0.864. The van der Waals surface area contributed by atoms with Gasteiger partial charge in [0, 0.05) is 37.8 Å². The van der Waals surface area contributed by atoms with Crippen molar-refractivity contribution >= 4 is 11.6 Å². The molecule has 2 aromatic rings. The van der Waals surface area contributed by atoms with Gasteiger partial charge < -0.3 is 9.80 Å². The zero-order valence-electron chi connectivity index (χ0n) is 15.0. The fourth-order valence-corrected chi connectivity index (χ4v) is 3.89. The van der Waals surface area contributed by atoms with Crippen LogP contribution < -0.4 is 9.80 Å². The number of nitrogens with zero attached hydrogens (tertiary/aromatic N) is 4. The first-order valence-corrected chi connectivity index (χ1v) is 9.84. The molecule has 4 nitrogen and oxygen atoms in total. The smallest absolute Gasteiger partial charge is 0.163 e. The summed E-state index contributed by atoms with van der Waals surface area (Å²) >= 11 is 0. The van der Waals surface area contributed by atoms with Gasteiger partial charge in [0.1, 0.15) is 11.6 Å². The molecule has 3 heterocycles. The minimum absolute atomic E-state index is 0.864. The van der Waals surface area contributed by atoms with Gasteiger partial charge in [0.25, 0.3) is 0 Å². The minimum Gasteiger partial charge on any atom is -0.356 e. The molecule has 1 aromatic heterocycles. The topological polar surface area (TPSA) is 32.3 Å². The van der Waals surface area contributed by atoms with Gasteiger partial charge in [0.15, 0.2) is 5.82 Å². The molecule has 4 rings (SSSR count). The molecule has 0 unspecified atom stereocenters. The number of anilines is 2. The maximum atomic E-state index is 4.95. The van der Waals surface area contributed by atoms with Crippen molar-refractivity contribution in [2.45, 2.75) is 44.9 Å². The second-order valence-electron chi connectivity index (χ2n) is 7.22. The van der Waals surface area contributed by atoms with Crippen LogP contribution in [0.2, 0.25) is 0 Å². The van der Waals surface area contributed by atoms with Crippen LogP contribution in [-0.2, 0) is 0 Å². The summed E-state index contributed by atoms with van der Waals surface area (Å²) in [5, 5.41) is 0. The van der Waals surface area contributed by atoms with Gasteiger partial charge in [-0.05, 0) is 32.1 Å². The monoisotopic (exact) mass is 336 g/mol. The Balaban J connectivity index is 1.71. The van der Waals surface area contributed by atoms with Crippen LogP contribution >= 0.6 is 0 Å². The van der Waals surface area contributed by atoms with Crippen LogP contribution in [0.15, 0.2) is 36.4 Å². The van der Waals surface area contributed by atoms with Crippen molar-refractivity contribution in [2.24, 2.45) is 0 Å². The van der Waals surface area contributed by atoms with Gasteiger partial charge >= 0.3 is 0 Å². The van der Waals surface area contributed by atoms with Crippen LogP contribution in [0, 0.1) is 0 Å². The standard InChI is InChI=1S/C21H28N4/c1-2-8-14-24(13-7-1)19-17-20(25-15-9-4-10-16-25)23-21(22-19)18-11-5-3-6-12-18/h3,5-6,11-12,17H,1-2,4,7-10,13-16H2. The van der Waals surface area contributed by atoms with Crippen molar-refractivity contribution < 1.29 is 0 Å². The fraction of sp³-hybridized carbons (Fsp3) is 0.524. The normalized spacial score (nSPS) is 18.9. The van der Waals surface area contributed by atoms with E-state index in [0.29, 0.717) is 0 Å². The van der Waals surface area contributed by atoms with Crippen molar-refractivity contribution in [1.82, 2.24) is 9.97 Å². The van der Waals surface area contributed by atoms with Gasteiger partial charge in [-0.15, -0.1) is 0 Å². The molecule has 25 heavy (non-hydrogen) atoms. The van der Waals surface area contributed by atoms with Crippen LogP contribution in [0.25, 0.3) is 11.4 Å². The van der Waals surface area contributed by atoms with Gasteiger partial charge in [-0.2, -0.15) is 0 Å². The van der Waals surface area contributed by atoms with Crippen molar-refractivity contribution in [2.75, 3.05) is 36.0 Å². The van der Waals surface area contributed by atoms with Gasteiger partial charge in [-0.25, -0.2) is 9.97 Å². The number of hydrogen-bond donors (Lipinski definition) is 0. The Labute approximate surface area is 150 Å². The number of piperidine rings is 1. The third kappa shape index (κ3) is 3.94. The molecule has 2 fully saturated rings. The summed E-state index contributed by atoms with van der Waals surface area (Å²) < 4.78 is 0. The van der Waals surface area contributed by atoms with E-state index in [1.165, 1.54) is 44.9 Å². The molecule has 132 valence electrons. The van der Waals surface area contributed by atoms with Crippen molar-refractivity contribution in [3.63, 3.8) is 0 Å². The Morgan fingerprint density at radius 3 is 1.60 bits per heavy atom. The van der Waals surface area contributed by atoms with E-state index in [-0.39, 0.29) is 0 Å². The average Bonchev–Trinajstić information content (AvgIpc) is 2.99. The molecule has 4 heteroatoms. The Morgan fingerprint density at radius 2 is 1.08 bits per heavy atom. The highest BCUT2D eigenvalue weighted by molar-refractivity contribution is 5.62. The second kappa shape index (κ2) is 7.85. The molecule has 1 aromatic carbocycles. The molecular weight excluding hydrogens is 308 g/mol. The maximum absolute atomic E-state index is 4.95. The lowest BCUT2D eigenvalue weighted by Crippen LogP contribution is -2.31. The van der Waals surface area contributed by atoms with E-state index in [1.807, 2.05) is 6.07 Å². The average molecular weight is 336 g/mol. The summed E-state index contributed by atoms with van der Waals surface area (Å²) in [6.45, 7) is 4.46. The Bertz CT molecular complexity index is 672. The predicted molar refractivity (Wildman–Crippen MR) is 104 cm³/mol. The lowest BCUT2D eigenvalue weighted by molar-refractivity contribution is 0.573. The highest BCUT2D eigenvalue weighted by Crippen LogP contribution is 2.27. The Kier molecular flexibility index (Phi) is 5.14. The first-order chi connectivity index (χ1) is 12.4. The fourth-order valence-electron chi connectivity index (χ4n) is 3.89. The Morgan fingerprint density at radius 1 is 0.600 bits per heavy atom. The highest BCUT2D eigenvalue weighted by atomic mass is 15.2. The van der Waals surface area contributed by atoms with E-state index in [0.717, 1.165) is 49.2 Å². The molecule has 0 aliphatic carbocycles. The molecule has 0 spiro atoms. The van der Waals surface area contributed by atoms with E-state index in [9.17, 15) is 0 Å². The molecule has 0 N–H and O–H groups in total. The van der Waals surface area contributed by atoms with Gasteiger partial charge in [0.05, 0.1) is 0 Å². The summed E-state index contributed by atoms with van der Waals surface area (Å²) in [7, 11) is 0. The molecule has 2 saturated heterocycles. The second-order valence-corrected chi connectivity index (χ2v) is 7.22. The van der Waals surface area contributed by atoms with E-state index in [1.54, 1.807) is 0 Å². The molecule has 0 radical (unpaired) electrons. The third-order valence-electron chi connectivity index (χ3n) is 5.34. The molecule has 0 bridgehead atoms. The number of hydrogen-bond acceptors (Lipinski definition) is 4. The van der Waals surface area contributed by atoms with Crippen LogP contribution in [0.5, 0.6) is 0 Å². The SMILES string of the molecule is c1ccc(-c2nc(N3CCCCCC3)cc(N3CCCCC3)n2)cc1. The van der Waals surface area contributed by atoms with E-state index in [2.05, 4.69) is 40.1 Å². The van der Waals surface area contributed by atoms with Crippen LogP contribution in [-0.4, -0.2) is 36.1 Å². The zero-order valence-corrected chi connectivity index (χ0v) is 15.0. The molecular formula is C21H28N4. The molecule has 0 amide bonds. The molecule has 2 aliphatic heterocycles. The highest BCUT2D eigenvalue weighted by Gasteiger charge is 2.18. The summed E-state index contributed by atoms with van der Waals surface area (Å²) in [5.74, 6) is 3.08. The van der Waals surface area contributed by atoms with Gasteiger partial charge in [-0.1, -0.05) is 43.2 Å². The molecule has 0 atom stereocenters. The Hall–Kier alpha value is -2.10. The summed E-state index contributed by atoms with van der Waals surface area (Å²) in [5.41, 5.74) is 1.11. The number of aromatic nitrogens is 2. The number of rotatable bonds is 3. The summed E-state index contributed by atoms with van der Waals surface area (Å²) in [6, 6.07) is 12.6. The molecule has 0 saturated carbocycles. The van der Waals surface area contributed by atoms with E-state index >= 15 is 0 Å². The number of benzene rings is 1. The quantitative estimate of drug-likeness (QED) is 0.825.